The van der Waals surface area contributed by atoms with E-state index in [2.05, 4.69) is 0 Å². The Kier molecular flexibility index (Phi) is 4.04. The summed E-state index contributed by atoms with van der Waals surface area (Å²) in [5, 5.41) is 27.1. The van der Waals surface area contributed by atoms with Crippen molar-refractivity contribution in [2.45, 2.75) is 19.8 Å². The van der Waals surface area contributed by atoms with Crippen molar-refractivity contribution in [1.82, 2.24) is 0 Å². The second-order valence-electron chi connectivity index (χ2n) is 3.87. The van der Waals surface area contributed by atoms with Crippen molar-refractivity contribution in [1.29, 1.82) is 0 Å². The quantitative estimate of drug-likeness (QED) is 0.533. The van der Waals surface area contributed by atoms with Crippen LogP contribution in [0.4, 0.5) is 0 Å². The first-order chi connectivity index (χ1) is 8.31. The van der Waals surface area contributed by atoms with Gasteiger partial charge in [0.1, 0.15) is 17.9 Å². The van der Waals surface area contributed by atoms with E-state index in [-0.39, 0.29) is 11.3 Å². The number of hydrogen-bond donors (Lipinski definition) is 3. The number of aryl methyl sites for hydroxylation is 1. The average Bonchev–Trinajstić information content (AvgIpc) is 2.12. The first-order valence-electron chi connectivity index (χ1n) is 5.10. The van der Waals surface area contributed by atoms with Crippen LogP contribution < -0.4 is 0 Å². The molecule has 0 aromatic heterocycles. The van der Waals surface area contributed by atoms with Crippen LogP contribution in [0.1, 0.15) is 28.8 Å². The van der Waals surface area contributed by atoms with Gasteiger partial charge in [-0.15, -0.1) is 0 Å². The molecule has 0 bridgehead atoms. The highest BCUT2D eigenvalue weighted by atomic mass is 16.4. The number of phenolic OH excluding ortho intramolecular Hbond substituents is 2. The standard InChI is InChI=1S/C12H12O6/c1-6-2-7(13)3-9(15)12(6)10(16)4-8(14)5-11(17)18/h2-3,13,15H,4-5H2,1H3,(H,17,18). The van der Waals surface area contributed by atoms with Gasteiger partial charge in [-0.1, -0.05) is 0 Å². The SMILES string of the molecule is Cc1cc(O)cc(O)c1C(=O)CC(=O)CC(=O)O. The van der Waals surface area contributed by atoms with Crippen LogP contribution in [0.5, 0.6) is 11.5 Å². The number of aromatic hydroxyl groups is 2. The molecule has 3 N–H and O–H groups in total. The van der Waals surface area contributed by atoms with Gasteiger partial charge in [0.05, 0.1) is 12.0 Å². The summed E-state index contributed by atoms with van der Waals surface area (Å²) in [6, 6.07) is 2.26. The molecule has 0 aliphatic heterocycles. The van der Waals surface area contributed by atoms with E-state index >= 15 is 0 Å². The topological polar surface area (TPSA) is 112 Å². The molecule has 0 spiro atoms. The number of rotatable bonds is 5. The summed E-state index contributed by atoms with van der Waals surface area (Å²) in [5.74, 6) is -3.34. The maximum atomic E-state index is 11.7. The van der Waals surface area contributed by atoms with E-state index in [4.69, 9.17) is 5.11 Å². The minimum atomic E-state index is -1.31. The van der Waals surface area contributed by atoms with Gasteiger partial charge in [-0.05, 0) is 18.6 Å². The fourth-order valence-corrected chi connectivity index (χ4v) is 1.61. The molecule has 6 nitrogen and oxygen atoms in total. The Morgan fingerprint density at radius 3 is 2.22 bits per heavy atom. The second kappa shape index (κ2) is 5.31. The molecule has 1 aromatic carbocycles. The molecule has 18 heavy (non-hydrogen) atoms. The molecule has 0 unspecified atom stereocenters. The van der Waals surface area contributed by atoms with Crippen molar-refractivity contribution in [3.05, 3.63) is 23.3 Å². The highest BCUT2D eigenvalue weighted by Crippen LogP contribution is 2.27. The number of hydrogen-bond acceptors (Lipinski definition) is 5. The van der Waals surface area contributed by atoms with E-state index in [9.17, 15) is 24.6 Å². The molecule has 0 aliphatic rings. The number of carboxylic acid groups (broad SMARTS) is 1. The number of carbonyl (C=O) groups excluding carboxylic acids is 2. The van der Waals surface area contributed by atoms with Crippen LogP contribution >= 0.6 is 0 Å². The summed E-state index contributed by atoms with van der Waals surface area (Å²) in [7, 11) is 0. The van der Waals surface area contributed by atoms with E-state index in [1.54, 1.807) is 0 Å². The molecule has 96 valence electrons. The highest BCUT2D eigenvalue weighted by Gasteiger charge is 2.19. The Morgan fingerprint density at radius 1 is 1.11 bits per heavy atom. The van der Waals surface area contributed by atoms with Gasteiger partial charge in [0.2, 0.25) is 0 Å². The first-order valence-corrected chi connectivity index (χ1v) is 5.10. The van der Waals surface area contributed by atoms with Crippen molar-refractivity contribution in [3.63, 3.8) is 0 Å². The molecule has 0 radical (unpaired) electrons. The van der Waals surface area contributed by atoms with Crippen LogP contribution in [0.2, 0.25) is 0 Å². The number of benzene rings is 1. The van der Waals surface area contributed by atoms with Gasteiger partial charge >= 0.3 is 5.97 Å². The first kappa shape index (κ1) is 13.7. The van der Waals surface area contributed by atoms with Crippen LogP contribution in [-0.2, 0) is 9.59 Å². The predicted octanol–water partition coefficient (Wildman–Crippen LogP) is 1.02. The zero-order valence-electron chi connectivity index (χ0n) is 9.64. The summed E-state index contributed by atoms with van der Waals surface area (Å²) in [6.07, 6.45) is -1.32. The molecule has 0 heterocycles. The molecule has 0 fully saturated rings. The monoisotopic (exact) mass is 252 g/mol. The second-order valence-corrected chi connectivity index (χ2v) is 3.87. The molecular formula is C12H12O6. The van der Waals surface area contributed by atoms with E-state index in [0.717, 1.165) is 6.07 Å². The maximum Gasteiger partial charge on any atom is 0.310 e. The average molecular weight is 252 g/mol. The smallest absolute Gasteiger partial charge is 0.310 e. The largest absolute Gasteiger partial charge is 0.508 e. The molecule has 6 heteroatoms. The molecule has 0 saturated heterocycles. The fourth-order valence-electron chi connectivity index (χ4n) is 1.61. The number of carbonyl (C=O) groups is 3. The third-order valence-electron chi connectivity index (χ3n) is 2.28. The van der Waals surface area contributed by atoms with Crippen molar-refractivity contribution >= 4 is 17.5 Å². The molecule has 0 amide bonds. The van der Waals surface area contributed by atoms with Gasteiger partial charge in [0.15, 0.2) is 11.6 Å². The molecule has 0 atom stereocenters. The summed E-state index contributed by atoms with van der Waals surface area (Å²) in [6.45, 7) is 1.49. The van der Waals surface area contributed by atoms with Crippen LogP contribution in [0.25, 0.3) is 0 Å². The van der Waals surface area contributed by atoms with Crippen LogP contribution in [0.3, 0.4) is 0 Å². The van der Waals surface area contributed by atoms with Crippen molar-refractivity contribution in [3.8, 4) is 11.5 Å². The summed E-state index contributed by atoms with van der Waals surface area (Å²) >= 11 is 0. The Hall–Kier alpha value is -2.37. The van der Waals surface area contributed by atoms with Gasteiger partial charge in [-0.3, -0.25) is 14.4 Å². The van der Waals surface area contributed by atoms with Gasteiger partial charge in [-0.2, -0.15) is 0 Å². The van der Waals surface area contributed by atoms with Crippen molar-refractivity contribution in [2.24, 2.45) is 0 Å². The number of ketones is 2. The minimum Gasteiger partial charge on any atom is -0.508 e. The molecule has 1 rings (SSSR count). The van der Waals surface area contributed by atoms with E-state index in [1.807, 2.05) is 0 Å². The summed E-state index contributed by atoms with van der Waals surface area (Å²) < 4.78 is 0. The Bertz CT molecular complexity index is 494. The van der Waals surface area contributed by atoms with Gasteiger partial charge in [-0.25, -0.2) is 0 Å². The Balaban J connectivity index is 2.92. The van der Waals surface area contributed by atoms with E-state index in [1.165, 1.54) is 13.0 Å². The molecule has 1 aromatic rings. The summed E-state index contributed by atoms with van der Waals surface area (Å²) in [5.41, 5.74) is 0.243. The zero-order valence-corrected chi connectivity index (χ0v) is 9.64. The molecule has 0 saturated carbocycles. The maximum absolute atomic E-state index is 11.7. The van der Waals surface area contributed by atoms with Gasteiger partial charge < -0.3 is 15.3 Å². The predicted molar refractivity (Wildman–Crippen MR) is 60.7 cm³/mol. The lowest BCUT2D eigenvalue weighted by Gasteiger charge is -2.07. The fraction of sp³-hybridized carbons (Fsp3) is 0.250. The van der Waals surface area contributed by atoms with Crippen molar-refractivity contribution < 1.29 is 29.7 Å². The normalized spacial score (nSPS) is 10.1. The number of Topliss-reactive ketones (excluding diaryl/α,β-unsaturated/α-hetero) is 2. The summed E-state index contributed by atoms with van der Waals surface area (Å²) in [4.78, 5) is 33.2. The molecule has 0 aliphatic carbocycles. The van der Waals surface area contributed by atoms with E-state index < -0.39 is 36.1 Å². The van der Waals surface area contributed by atoms with Crippen LogP contribution in [-0.4, -0.2) is 32.9 Å². The van der Waals surface area contributed by atoms with Gasteiger partial charge in [0.25, 0.3) is 0 Å². The van der Waals surface area contributed by atoms with Gasteiger partial charge in [0, 0.05) is 6.07 Å². The molecular weight excluding hydrogens is 240 g/mol. The lowest BCUT2D eigenvalue weighted by atomic mass is 9.99. The highest BCUT2D eigenvalue weighted by molar-refractivity contribution is 6.12. The number of carboxylic acids is 1. The van der Waals surface area contributed by atoms with Crippen molar-refractivity contribution in [2.75, 3.05) is 0 Å². The Labute approximate surface area is 102 Å². The number of phenols is 2. The zero-order chi connectivity index (χ0) is 13.9. The van der Waals surface area contributed by atoms with Crippen LogP contribution in [0.15, 0.2) is 12.1 Å². The third-order valence-corrected chi connectivity index (χ3v) is 2.28. The third kappa shape index (κ3) is 3.31. The van der Waals surface area contributed by atoms with Crippen LogP contribution in [0, 0.1) is 6.92 Å². The Morgan fingerprint density at radius 2 is 1.72 bits per heavy atom. The minimum absolute atomic E-state index is 0.0773. The lowest BCUT2D eigenvalue weighted by molar-refractivity contribution is -0.139. The number of aliphatic carboxylic acids is 1. The lowest BCUT2D eigenvalue weighted by Crippen LogP contribution is -2.13. The van der Waals surface area contributed by atoms with E-state index in [0.29, 0.717) is 5.56 Å².